The summed E-state index contributed by atoms with van der Waals surface area (Å²) < 4.78 is 1.04. The van der Waals surface area contributed by atoms with Gasteiger partial charge in [0, 0.05) is 22.7 Å². The number of hydrogen-bond acceptors (Lipinski definition) is 5. The molecule has 6 aromatic carbocycles. The molecule has 10 rings (SSSR count). The average molecular weight is 757 g/mol. The quantitative estimate of drug-likeness (QED) is 0.159. The number of hydrogen-bond donors (Lipinski definition) is 0. The van der Waals surface area contributed by atoms with Crippen LogP contribution < -0.4 is 5.19 Å². The number of thiazole rings is 1. The first-order chi connectivity index (χ1) is 27.1. The van der Waals surface area contributed by atoms with Gasteiger partial charge in [0.2, 0.25) is 0 Å². The van der Waals surface area contributed by atoms with Crippen molar-refractivity contribution in [3.63, 3.8) is 0 Å². The second kappa shape index (κ2) is 13.0. The standard InChI is InChI=1S/C50H40N4SSi/c1-50(2)41-28-33(20-22-38(41)39-23-21-34(29-42(39)50)36-24-25-46(56(3,4)5)40-18-10-9-17-37(36)40)32-15-11-16-35(27-32)43-30-44(49-54-48-45(55-49)19-12-26-51-48)53-47(52-43)31-13-7-6-8-14-31/h6-30H,1-5H3. The van der Waals surface area contributed by atoms with Crippen LogP contribution in [0.4, 0.5) is 0 Å². The van der Waals surface area contributed by atoms with Gasteiger partial charge in [0.15, 0.2) is 11.5 Å². The Balaban J connectivity index is 1.03. The van der Waals surface area contributed by atoms with E-state index >= 15 is 0 Å². The Kier molecular flexibility index (Phi) is 7.99. The minimum Gasteiger partial charge on any atom is -0.236 e. The second-order valence-corrected chi connectivity index (χ2v) is 22.4. The largest absolute Gasteiger partial charge is 0.236 e. The van der Waals surface area contributed by atoms with Crippen LogP contribution in [0.3, 0.4) is 0 Å². The molecule has 3 heterocycles. The minimum atomic E-state index is -1.51. The molecule has 3 aromatic heterocycles. The maximum atomic E-state index is 5.12. The lowest BCUT2D eigenvalue weighted by molar-refractivity contribution is 0.661. The van der Waals surface area contributed by atoms with Crippen molar-refractivity contribution < 1.29 is 0 Å². The highest BCUT2D eigenvalue weighted by atomic mass is 32.1. The Bertz CT molecular complexity index is 2960. The van der Waals surface area contributed by atoms with Crippen molar-refractivity contribution in [3.8, 4) is 66.7 Å². The molecule has 0 atom stereocenters. The van der Waals surface area contributed by atoms with Crippen LogP contribution in [0.25, 0.3) is 87.8 Å². The highest BCUT2D eigenvalue weighted by Gasteiger charge is 2.36. The van der Waals surface area contributed by atoms with Crippen LogP contribution in [0.5, 0.6) is 0 Å². The molecule has 0 bridgehead atoms. The molecular formula is C50H40N4SSi. The molecule has 56 heavy (non-hydrogen) atoms. The molecular weight excluding hydrogens is 717 g/mol. The Hall–Kier alpha value is -6.08. The van der Waals surface area contributed by atoms with E-state index in [4.69, 9.17) is 15.0 Å². The molecule has 0 saturated heterocycles. The van der Waals surface area contributed by atoms with Gasteiger partial charge in [0.05, 0.1) is 18.5 Å². The molecule has 0 N–H and O–H groups in total. The zero-order valence-electron chi connectivity index (χ0n) is 32.1. The van der Waals surface area contributed by atoms with Crippen molar-refractivity contribution in [2.45, 2.75) is 38.9 Å². The smallest absolute Gasteiger partial charge is 0.170 e. The highest BCUT2D eigenvalue weighted by molar-refractivity contribution is 7.21. The third-order valence-corrected chi connectivity index (χ3v) is 14.4. The van der Waals surface area contributed by atoms with Crippen LogP contribution in [0, 0.1) is 0 Å². The molecule has 0 unspecified atom stereocenters. The number of nitrogens with zero attached hydrogens (tertiary/aromatic N) is 4. The molecule has 1 aliphatic carbocycles. The van der Waals surface area contributed by atoms with Gasteiger partial charge < -0.3 is 0 Å². The molecule has 0 fully saturated rings. The molecule has 9 aromatic rings. The van der Waals surface area contributed by atoms with Crippen LogP contribution in [-0.2, 0) is 5.41 Å². The lowest BCUT2D eigenvalue weighted by atomic mass is 9.80. The van der Waals surface area contributed by atoms with Crippen LogP contribution >= 0.6 is 11.3 Å². The van der Waals surface area contributed by atoms with Gasteiger partial charge in [-0.1, -0.05) is 148 Å². The van der Waals surface area contributed by atoms with Gasteiger partial charge in [-0.3, -0.25) is 0 Å². The number of pyridine rings is 1. The molecule has 0 radical (unpaired) electrons. The zero-order chi connectivity index (χ0) is 38.2. The van der Waals surface area contributed by atoms with Gasteiger partial charge in [0.25, 0.3) is 0 Å². The topological polar surface area (TPSA) is 51.6 Å². The van der Waals surface area contributed by atoms with Crippen molar-refractivity contribution >= 4 is 45.7 Å². The number of benzene rings is 6. The van der Waals surface area contributed by atoms with Crippen LogP contribution in [-0.4, -0.2) is 28.0 Å². The molecule has 0 spiro atoms. The normalized spacial score (nSPS) is 13.2. The first kappa shape index (κ1) is 34.4. The molecule has 270 valence electrons. The van der Waals surface area contributed by atoms with Gasteiger partial charge in [-0.15, -0.1) is 11.3 Å². The fourth-order valence-corrected chi connectivity index (χ4v) is 10.9. The Morgan fingerprint density at radius 2 is 1.14 bits per heavy atom. The maximum Gasteiger partial charge on any atom is 0.170 e. The Morgan fingerprint density at radius 1 is 0.500 bits per heavy atom. The van der Waals surface area contributed by atoms with Gasteiger partial charge in [-0.25, -0.2) is 19.9 Å². The van der Waals surface area contributed by atoms with Crippen molar-refractivity contribution in [3.05, 3.63) is 163 Å². The maximum absolute atomic E-state index is 5.12. The first-order valence-electron chi connectivity index (χ1n) is 19.2. The van der Waals surface area contributed by atoms with Crippen molar-refractivity contribution in [2.75, 3.05) is 0 Å². The summed E-state index contributed by atoms with van der Waals surface area (Å²) in [7, 11) is -1.51. The summed E-state index contributed by atoms with van der Waals surface area (Å²) in [4.78, 5) is 19.5. The van der Waals surface area contributed by atoms with Gasteiger partial charge in [-0.05, 0) is 91.7 Å². The summed E-state index contributed by atoms with van der Waals surface area (Å²) >= 11 is 1.60. The number of rotatable bonds is 6. The number of aromatic nitrogens is 4. The predicted octanol–water partition coefficient (Wildman–Crippen LogP) is 12.8. The number of fused-ring (bicyclic) bond motifs is 5. The van der Waals surface area contributed by atoms with E-state index in [1.807, 2.05) is 24.3 Å². The first-order valence-corrected chi connectivity index (χ1v) is 23.5. The van der Waals surface area contributed by atoms with Gasteiger partial charge in [-0.2, -0.15) is 0 Å². The van der Waals surface area contributed by atoms with Gasteiger partial charge in [0.1, 0.15) is 10.7 Å². The summed E-state index contributed by atoms with van der Waals surface area (Å²) in [5.41, 5.74) is 14.5. The van der Waals surface area contributed by atoms with Crippen LogP contribution in [0.1, 0.15) is 25.0 Å². The summed E-state index contributed by atoms with van der Waals surface area (Å²) in [6.45, 7) is 12.1. The molecule has 6 heteroatoms. The Labute approximate surface area is 332 Å². The molecule has 0 saturated carbocycles. The summed E-state index contributed by atoms with van der Waals surface area (Å²) in [6.07, 6.45) is 1.78. The van der Waals surface area contributed by atoms with E-state index in [9.17, 15) is 0 Å². The van der Waals surface area contributed by atoms with E-state index in [1.54, 1.807) is 17.5 Å². The monoisotopic (exact) mass is 756 g/mol. The summed E-state index contributed by atoms with van der Waals surface area (Å²) in [6, 6.07) is 52.8. The van der Waals surface area contributed by atoms with E-state index in [0.29, 0.717) is 5.82 Å². The third-order valence-electron chi connectivity index (χ3n) is 11.4. The van der Waals surface area contributed by atoms with E-state index in [1.165, 1.54) is 54.9 Å². The van der Waals surface area contributed by atoms with E-state index in [0.717, 1.165) is 43.4 Å². The molecule has 0 aliphatic heterocycles. The SMILES string of the molecule is CC1(C)c2cc(-c3cccc(-c4cc(-c5nc6ncccc6s5)nc(-c5ccccc5)n4)c3)ccc2-c2ccc(-c3ccc([Si](C)(C)C)c4ccccc34)cc21. The Morgan fingerprint density at radius 3 is 1.91 bits per heavy atom. The van der Waals surface area contributed by atoms with Crippen molar-refractivity contribution in [1.82, 2.24) is 19.9 Å². The fourth-order valence-electron chi connectivity index (χ4n) is 8.45. The molecule has 0 amide bonds. The van der Waals surface area contributed by atoms with Crippen molar-refractivity contribution in [2.24, 2.45) is 0 Å². The second-order valence-electron chi connectivity index (χ2n) is 16.4. The molecule has 1 aliphatic rings. The lowest BCUT2D eigenvalue weighted by Gasteiger charge is -2.23. The van der Waals surface area contributed by atoms with Gasteiger partial charge >= 0.3 is 0 Å². The van der Waals surface area contributed by atoms with Crippen LogP contribution in [0.2, 0.25) is 19.6 Å². The van der Waals surface area contributed by atoms with Crippen molar-refractivity contribution in [1.29, 1.82) is 0 Å². The minimum absolute atomic E-state index is 0.166. The highest BCUT2D eigenvalue weighted by Crippen LogP contribution is 2.51. The van der Waals surface area contributed by atoms with E-state index in [-0.39, 0.29) is 5.41 Å². The molecule has 4 nitrogen and oxygen atoms in total. The fraction of sp³-hybridized carbons (Fsp3) is 0.120. The third kappa shape index (κ3) is 5.79. The van der Waals surface area contributed by atoms with E-state index in [2.05, 4.69) is 160 Å². The predicted molar refractivity (Wildman–Crippen MR) is 238 cm³/mol. The van der Waals surface area contributed by atoms with E-state index < -0.39 is 8.07 Å². The summed E-state index contributed by atoms with van der Waals surface area (Å²) in [5.74, 6) is 0.673. The lowest BCUT2D eigenvalue weighted by Crippen LogP contribution is -2.38. The average Bonchev–Trinajstić information content (AvgIpc) is 3.76. The van der Waals surface area contributed by atoms with Crippen LogP contribution in [0.15, 0.2) is 152 Å². The zero-order valence-corrected chi connectivity index (χ0v) is 33.9. The summed E-state index contributed by atoms with van der Waals surface area (Å²) in [5, 5.41) is 5.08.